The molecule has 2 fully saturated rings. The van der Waals surface area contributed by atoms with E-state index in [0.717, 1.165) is 37.5 Å². The van der Waals surface area contributed by atoms with Crippen LogP contribution in [0.3, 0.4) is 0 Å². The maximum absolute atomic E-state index is 12.4. The zero-order chi connectivity index (χ0) is 24.7. The number of thiocarbonyl (C=S) groups is 1. The fraction of sp³-hybridized carbons (Fsp3) is 0.500. The molecule has 188 valence electrons. The molecule has 0 aromatic heterocycles. The molecule has 2 aliphatic rings. The van der Waals surface area contributed by atoms with Crippen LogP contribution in [0, 0.1) is 6.92 Å². The summed E-state index contributed by atoms with van der Waals surface area (Å²) in [6.45, 7) is 6.56. The van der Waals surface area contributed by atoms with Gasteiger partial charge in [-0.1, -0.05) is 61.2 Å². The molecule has 0 bridgehead atoms. The monoisotopic (exact) mass is 494 g/mol. The fourth-order valence-electron chi connectivity index (χ4n) is 5.34. The topological polar surface area (TPSA) is 56.8 Å². The predicted molar refractivity (Wildman–Crippen MR) is 144 cm³/mol. The van der Waals surface area contributed by atoms with Crippen molar-refractivity contribution >= 4 is 23.2 Å². The quantitative estimate of drug-likeness (QED) is 0.567. The number of amides is 1. The minimum atomic E-state index is -0.0689. The summed E-state index contributed by atoms with van der Waals surface area (Å²) in [6.07, 6.45) is 6.27. The molecule has 0 radical (unpaired) electrons. The summed E-state index contributed by atoms with van der Waals surface area (Å²) < 4.78 is 5.25. The van der Waals surface area contributed by atoms with Gasteiger partial charge in [0.1, 0.15) is 5.75 Å². The summed E-state index contributed by atoms with van der Waals surface area (Å²) in [5, 5.41) is 6.85. The number of benzene rings is 2. The second-order valence-corrected chi connectivity index (χ2v) is 10.3. The third-order valence-electron chi connectivity index (χ3n) is 7.39. The molecule has 1 amide bonds. The van der Waals surface area contributed by atoms with E-state index >= 15 is 0 Å². The second-order valence-electron chi connectivity index (χ2n) is 9.90. The Morgan fingerprint density at radius 2 is 1.80 bits per heavy atom. The van der Waals surface area contributed by atoms with Crippen molar-refractivity contribution in [3.05, 3.63) is 65.2 Å². The lowest BCUT2D eigenvalue weighted by Gasteiger charge is -2.53. The molecule has 1 saturated carbocycles. The van der Waals surface area contributed by atoms with Crippen molar-refractivity contribution in [2.75, 3.05) is 33.3 Å². The van der Waals surface area contributed by atoms with E-state index in [-0.39, 0.29) is 18.0 Å². The van der Waals surface area contributed by atoms with Crippen molar-refractivity contribution in [3.63, 3.8) is 0 Å². The van der Waals surface area contributed by atoms with Gasteiger partial charge in [0.15, 0.2) is 5.11 Å². The Kier molecular flexibility index (Phi) is 8.63. The summed E-state index contributed by atoms with van der Waals surface area (Å²) >= 11 is 5.74. The number of aryl methyl sites for hydroxylation is 1. The smallest absolute Gasteiger partial charge is 0.239 e. The number of carbonyl (C=O) groups excluding carboxylic acids is 1. The van der Waals surface area contributed by atoms with Crippen molar-refractivity contribution in [1.82, 2.24) is 20.4 Å². The molecule has 6 nitrogen and oxygen atoms in total. The Labute approximate surface area is 215 Å². The van der Waals surface area contributed by atoms with E-state index in [1.54, 1.807) is 7.11 Å². The number of ether oxygens (including phenoxy) is 1. The molecule has 1 spiro atoms. The highest BCUT2D eigenvalue weighted by Gasteiger charge is 2.42. The summed E-state index contributed by atoms with van der Waals surface area (Å²) in [5.74, 6) is 0.717. The Balaban J connectivity index is 1.30. The zero-order valence-electron chi connectivity index (χ0n) is 21.0. The van der Waals surface area contributed by atoms with Gasteiger partial charge in [-0.3, -0.25) is 9.69 Å². The molecule has 2 N–H and O–H groups in total. The predicted octanol–water partition coefficient (Wildman–Crippen LogP) is 4.02. The Bertz CT molecular complexity index is 1000. The maximum atomic E-state index is 12.4. The fourth-order valence-corrected chi connectivity index (χ4v) is 5.57. The second kappa shape index (κ2) is 11.9. The average molecular weight is 495 g/mol. The van der Waals surface area contributed by atoms with E-state index in [2.05, 4.69) is 51.6 Å². The van der Waals surface area contributed by atoms with Gasteiger partial charge in [0.2, 0.25) is 5.91 Å². The van der Waals surface area contributed by atoms with Gasteiger partial charge in [-0.2, -0.15) is 0 Å². The first-order valence-electron chi connectivity index (χ1n) is 12.7. The molecule has 2 aromatic rings. The van der Waals surface area contributed by atoms with Crippen molar-refractivity contribution in [2.24, 2.45) is 0 Å². The van der Waals surface area contributed by atoms with E-state index in [0.29, 0.717) is 11.7 Å². The number of nitrogens with zero attached hydrogens (tertiary/aromatic N) is 2. The molecule has 1 aliphatic carbocycles. The van der Waals surface area contributed by atoms with Crippen LogP contribution in [0.1, 0.15) is 48.8 Å². The molecule has 4 rings (SSSR count). The molecule has 35 heavy (non-hydrogen) atoms. The lowest BCUT2D eigenvalue weighted by molar-refractivity contribution is -0.120. The summed E-state index contributed by atoms with van der Waals surface area (Å²) in [7, 11) is 1.64. The average Bonchev–Trinajstić information content (AvgIpc) is 2.89. The number of carbonyl (C=O) groups is 1. The van der Waals surface area contributed by atoms with Gasteiger partial charge in [-0.25, -0.2) is 0 Å². The lowest BCUT2D eigenvalue weighted by atomic mass is 9.78. The number of hydrogen-bond acceptors (Lipinski definition) is 4. The molecule has 1 saturated heterocycles. The van der Waals surface area contributed by atoms with Gasteiger partial charge in [0.25, 0.3) is 0 Å². The van der Waals surface area contributed by atoms with E-state index in [1.165, 1.54) is 43.2 Å². The van der Waals surface area contributed by atoms with Crippen molar-refractivity contribution < 1.29 is 9.53 Å². The number of piperazine rings is 1. The molecule has 1 heterocycles. The third-order valence-corrected chi connectivity index (χ3v) is 7.79. The summed E-state index contributed by atoms with van der Waals surface area (Å²) in [5.41, 5.74) is 3.84. The van der Waals surface area contributed by atoms with Gasteiger partial charge in [0, 0.05) is 38.3 Å². The molecule has 2 aromatic carbocycles. The van der Waals surface area contributed by atoms with Crippen LogP contribution in [0.15, 0.2) is 48.5 Å². The van der Waals surface area contributed by atoms with Crippen LogP contribution >= 0.6 is 12.2 Å². The van der Waals surface area contributed by atoms with Crippen LogP contribution in [0.25, 0.3) is 0 Å². The molecule has 0 unspecified atom stereocenters. The molecular weight excluding hydrogens is 456 g/mol. The van der Waals surface area contributed by atoms with E-state index in [1.807, 2.05) is 24.3 Å². The first-order chi connectivity index (χ1) is 17.0. The van der Waals surface area contributed by atoms with Crippen LogP contribution in [0.4, 0.5) is 0 Å². The van der Waals surface area contributed by atoms with Gasteiger partial charge < -0.3 is 20.3 Å². The van der Waals surface area contributed by atoms with Crippen LogP contribution in [0.5, 0.6) is 5.75 Å². The van der Waals surface area contributed by atoms with E-state index in [4.69, 9.17) is 17.0 Å². The highest BCUT2D eigenvalue weighted by atomic mass is 32.1. The highest BCUT2D eigenvalue weighted by molar-refractivity contribution is 7.80. The van der Waals surface area contributed by atoms with E-state index in [9.17, 15) is 4.79 Å². The standard InChI is InChI=1S/C28H38N4O2S/c1-22-9-11-23(12-10-22)20-32-16-15-31(21-28(32)13-4-3-5-14-28)27(35)30-19-26(33)29-18-24-7-6-8-25(17-24)34-2/h6-12,17H,3-5,13-16,18-21H2,1-2H3,(H,29,33)(H,30,35). The van der Waals surface area contributed by atoms with Crippen molar-refractivity contribution in [3.8, 4) is 5.75 Å². The first-order valence-corrected chi connectivity index (χ1v) is 13.1. The number of methoxy groups -OCH3 is 1. The number of nitrogens with one attached hydrogen (secondary N) is 2. The maximum Gasteiger partial charge on any atom is 0.239 e. The summed E-state index contributed by atoms with van der Waals surface area (Å²) in [6, 6.07) is 16.6. The Hall–Kier alpha value is -2.64. The normalized spacial score (nSPS) is 17.7. The molecule has 1 aliphatic heterocycles. The van der Waals surface area contributed by atoms with Crippen LogP contribution in [-0.4, -0.2) is 59.6 Å². The number of hydrogen-bond donors (Lipinski definition) is 2. The van der Waals surface area contributed by atoms with Gasteiger partial charge in [-0.15, -0.1) is 0 Å². The van der Waals surface area contributed by atoms with Gasteiger partial charge in [-0.05, 0) is 55.2 Å². The zero-order valence-corrected chi connectivity index (χ0v) is 21.8. The molecule has 0 atom stereocenters. The third kappa shape index (κ3) is 6.73. The van der Waals surface area contributed by atoms with Crippen LogP contribution in [-0.2, 0) is 17.9 Å². The molecular formula is C28H38N4O2S. The minimum Gasteiger partial charge on any atom is -0.497 e. The van der Waals surface area contributed by atoms with Gasteiger partial charge in [0.05, 0.1) is 13.7 Å². The lowest BCUT2D eigenvalue weighted by Crippen LogP contribution is -2.64. The first kappa shape index (κ1) is 25.5. The highest BCUT2D eigenvalue weighted by Crippen LogP contribution is 2.37. The van der Waals surface area contributed by atoms with Crippen molar-refractivity contribution in [2.45, 2.75) is 57.7 Å². The largest absolute Gasteiger partial charge is 0.497 e. The van der Waals surface area contributed by atoms with Crippen LogP contribution < -0.4 is 15.4 Å². The number of rotatable bonds is 7. The van der Waals surface area contributed by atoms with Gasteiger partial charge >= 0.3 is 0 Å². The minimum absolute atomic E-state index is 0.0689. The Morgan fingerprint density at radius 1 is 1.03 bits per heavy atom. The SMILES string of the molecule is COc1cccc(CNC(=O)CNC(=S)N2CCN(Cc3ccc(C)cc3)C3(CCCCC3)C2)c1. The van der Waals surface area contributed by atoms with E-state index < -0.39 is 0 Å². The summed E-state index contributed by atoms with van der Waals surface area (Å²) in [4.78, 5) is 17.4. The van der Waals surface area contributed by atoms with Crippen LogP contribution in [0.2, 0.25) is 0 Å². The molecule has 7 heteroatoms. The van der Waals surface area contributed by atoms with Crippen molar-refractivity contribution in [1.29, 1.82) is 0 Å². The Morgan fingerprint density at radius 3 is 2.54 bits per heavy atom.